The van der Waals surface area contributed by atoms with Crippen LogP contribution in [0.4, 0.5) is 0 Å². The van der Waals surface area contributed by atoms with Gasteiger partial charge in [-0.15, -0.1) is 0 Å². The van der Waals surface area contributed by atoms with Gasteiger partial charge in [0, 0.05) is 0 Å². The van der Waals surface area contributed by atoms with Gasteiger partial charge in [0.1, 0.15) is 11.6 Å². The second-order valence-electron chi connectivity index (χ2n) is 6.49. The molecule has 120 valence electrons. The molecule has 0 radical (unpaired) electrons. The van der Waals surface area contributed by atoms with Crippen molar-refractivity contribution in [3.05, 3.63) is 0 Å². The van der Waals surface area contributed by atoms with Crippen LogP contribution >= 0.6 is 0 Å². The molecule has 3 aliphatic carbocycles. The van der Waals surface area contributed by atoms with E-state index >= 15 is 0 Å². The zero-order valence-electron chi connectivity index (χ0n) is 12.4. The van der Waals surface area contributed by atoms with Crippen LogP contribution in [0.1, 0.15) is 51.4 Å². The van der Waals surface area contributed by atoms with Crippen molar-refractivity contribution in [3.63, 3.8) is 0 Å². The van der Waals surface area contributed by atoms with E-state index in [1.54, 1.807) is 0 Å². The molecule has 0 spiro atoms. The van der Waals surface area contributed by atoms with E-state index in [4.69, 9.17) is 10.00 Å². The summed E-state index contributed by atoms with van der Waals surface area (Å²) < 4.78 is 28.8. The van der Waals surface area contributed by atoms with E-state index in [1.165, 1.54) is 0 Å². The Balaban J connectivity index is 1.75. The second-order valence-corrected chi connectivity index (χ2v) is 7.49. The minimum atomic E-state index is -2.32. The molecule has 2 atom stereocenters. The quantitative estimate of drug-likeness (QED) is 0.777. The molecule has 0 aromatic carbocycles. The fraction of sp³-hybridized carbons (Fsp3) is 0.800. The first kappa shape index (κ1) is 15.5. The van der Waals surface area contributed by atoms with Crippen LogP contribution in [-0.4, -0.2) is 36.9 Å². The average Bonchev–Trinajstić information content (AvgIpc) is 2.91. The van der Waals surface area contributed by atoms with E-state index in [9.17, 15) is 13.2 Å². The van der Waals surface area contributed by atoms with E-state index in [0.29, 0.717) is 30.5 Å². The predicted molar refractivity (Wildman–Crippen MR) is 79.5 cm³/mol. The van der Waals surface area contributed by atoms with Crippen molar-refractivity contribution < 1.29 is 17.9 Å². The first-order valence-corrected chi connectivity index (χ1v) is 8.96. The second kappa shape index (κ2) is 6.01. The Labute approximate surface area is 131 Å². The molecule has 7 heteroatoms. The number of hydrogen-bond acceptors (Lipinski definition) is 5. The third kappa shape index (κ3) is 3.03. The molecule has 22 heavy (non-hydrogen) atoms. The Bertz CT molecular complexity index is 631. The highest BCUT2D eigenvalue weighted by atomic mass is 32.2. The normalized spacial score (nSPS) is 30.0. The molecule has 0 aromatic heterocycles. The highest BCUT2D eigenvalue weighted by molar-refractivity contribution is 7.73. The molecule has 1 N–H and O–H groups in total. The monoisotopic (exact) mass is 324 g/mol. The van der Waals surface area contributed by atoms with Crippen LogP contribution in [0.15, 0.2) is 0 Å². The van der Waals surface area contributed by atoms with Crippen molar-refractivity contribution in [2.45, 2.75) is 69.1 Å². The van der Waals surface area contributed by atoms with Gasteiger partial charge in [0.05, 0.1) is 23.0 Å². The molecule has 0 aliphatic heterocycles. The molecule has 0 saturated heterocycles. The van der Waals surface area contributed by atoms with Gasteiger partial charge in [0.2, 0.25) is 16.2 Å². The Hall–Kier alpha value is -1.39. The van der Waals surface area contributed by atoms with Crippen LogP contribution in [0.5, 0.6) is 0 Å². The standard InChI is InChI=1S/C15H20N2O4S/c16-9-15(7-8-15)17-14(18)11-5-6-12(22(19)20)13(11)21-10-3-1-2-4-10/h10-11,13H,1-8H2,(H,17,18). The SMILES string of the molecule is N#CC1(NC(=O)C2CCC(=S(=O)=O)C2OC2CCCC2)CC1. The van der Waals surface area contributed by atoms with Gasteiger partial charge in [-0.3, -0.25) is 4.79 Å². The largest absolute Gasteiger partial charge is 0.369 e. The molecule has 0 aromatic rings. The molecule has 0 heterocycles. The smallest absolute Gasteiger partial charge is 0.227 e. The fourth-order valence-electron chi connectivity index (χ4n) is 3.38. The van der Waals surface area contributed by atoms with Crippen molar-refractivity contribution >= 4 is 21.1 Å². The molecule has 1 amide bonds. The number of ether oxygens (including phenoxy) is 1. The van der Waals surface area contributed by atoms with Crippen LogP contribution in [0.3, 0.4) is 0 Å². The number of amides is 1. The van der Waals surface area contributed by atoms with Crippen molar-refractivity contribution in [2.75, 3.05) is 0 Å². The summed E-state index contributed by atoms with van der Waals surface area (Å²) in [5.41, 5.74) is -0.728. The number of hydrogen-bond donors (Lipinski definition) is 1. The Morgan fingerprint density at radius 2 is 1.95 bits per heavy atom. The van der Waals surface area contributed by atoms with Crippen LogP contribution in [0, 0.1) is 17.2 Å². The Morgan fingerprint density at radius 3 is 2.50 bits per heavy atom. The average molecular weight is 324 g/mol. The van der Waals surface area contributed by atoms with Gasteiger partial charge in [0.15, 0.2) is 0 Å². The Morgan fingerprint density at radius 1 is 1.27 bits per heavy atom. The summed E-state index contributed by atoms with van der Waals surface area (Å²) in [6, 6.07) is 2.13. The number of carbonyl (C=O) groups excluding carboxylic acids is 1. The summed E-state index contributed by atoms with van der Waals surface area (Å²) in [5, 5.41) is 11.9. The van der Waals surface area contributed by atoms with Gasteiger partial charge in [0.25, 0.3) is 0 Å². The summed E-state index contributed by atoms with van der Waals surface area (Å²) in [6.07, 6.45) is 5.57. The zero-order valence-corrected chi connectivity index (χ0v) is 13.2. The van der Waals surface area contributed by atoms with Crippen molar-refractivity contribution in [3.8, 4) is 6.07 Å². The number of nitrogens with zero attached hydrogens (tertiary/aromatic N) is 1. The van der Waals surface area contributed by atoms with Crippen LogP contribution < -0.4 is 5.32 Å². The molecule has 3 fully saturated rings. The molecule has 3 rings (SSSR count). The summed E-state index contributed by atoms with van der Waals surface area (Å²) in [6.45, 7) is 0. The molecule has 3 aliphatic rings. The summed E-state index contributed by atoms with van der Waals surface area (Å²) in [4.78, 5) is 12.8. The topological polar surface area (TPSA) is 96.3 Å². The number of carbonyl (C=O) groups is 1. The van der Waals surface area contributed by atoms with E-state index in [-0.39, 0.29) is 12.0 Å². The van der Waals surface area contributed by atoms with Gasteiger partial charge < -0.3 is 10.1 Å². The summed E-state index contributed by atoms with van der Waals surface area (Å²) in [7, 11) is -2.32. The maximum atomic E-state index is 12.5. The van der Waals surface area contributed by atoms with E-state index < -0.39 is 27.9 Å². The third-order valence-corrected chi connectivity index (χ3v) is 5.77. The van der Waals surface area contributed by atoms with Gasteiger partial charge in [-0.1, -0.05) is 12.8 Å². The third-order valence-electron chi connectivity index (χ3n) is 4.90. The molecule has 3 saturated carbocycles. The Kier molecular flexibility index (Phi) is 4.24. The molecular weight excluding hydrogens is 304 g/mol. The van der Waals surface area contributed by atoms with Gasteiger partial charge in [-0.25, -0.2) is 0 Å². The molecule has 6 nitrogen and oxygen atoms in total. The highest BCUT2D eigenvalue weighted by Crippen LogP contribution is 2.37. The summed E-state index contributed by atoms with van der Waals surface area (Å²) in [5.74, 6) is -0.748. The lowest BCUT2D eigenvalue weighted by molar-refractivity contribution is -0.129. The molecular formula is C15H20N2O4S. The lowest BCUT2D eigenvalue weighted by Gasteiger charge is -2.24. The predicted octanol–water partition coefficient (Wildman–Crippen LogP) is 0.948. The minimum absolute atomic E-state index is 0.0443. The van der Waals surface area contributed by atoms with Gasteiger partial charge in [-0.05, 0) is 38.5 Å². The lowest BCUT2D eigenvalue weighted by atomic mass is 10.0. The number of nitriles is 1. The number of rotatable bonds is 4. The molecule has 2 unspecified atom stereocenters. The first-order valence-electron chi connectivity index (χ1n) is 7.88. The van der Waals surface area contributed by atoms with Crippen LogP contribution in [-0.2, 0) is 19.8 Å². The molecule has 0 bridgehead atoms. The van der Waals surface area contributed by atoms with Crippen LogP contribution in [0.2, 0.25) is 0 Å². The first-order chi connectivity index (χ1) is 10.5. The lowest BCUT2D eigenvalue weighted by Crippen LogP contribution is -2.44. The van der Waals surface area contributed by atoms with E-state index in [0.717, 1.165) is 25.7 Å². The maximum absolute atomic E-state index is 12.5. The maximum Gasteiger partial charge on any atom is 0.227 e. The van der Waals surface area contributed by atoms with Gasteiger partial charge >= 0.3 is 0 Å². The fourth-order valence-corrected chi connectivity index (χ4v) is 4.08. The number of nitrogens with one attached hydrogen (secondary N) is 1. The minimum Gasteiger partial charge on any atom is -0.369 e. The summed E-state index contributed by atoms with van der Waals surface area (Å²) >= 11 is 0. The zero-order chi connectivity index (χ0) is 15.7. The highest BCUT2D eigenvalue weighted by Gasteiger charge is 2.48. The van der Waals surface area contributed by atoms with Crippen molar-refractivity contribution in [1.82, 2.24) is 5.32 Å². The van der Waals surface area contributed by atoms with E-state index in [2.05, 4.69) is 11.4 Å². The van der Waals surface area contributed by atoms with E-state index in [1.807, 2.05) is 0 Å². The van der Waals surface area contributed by atoms with Crippen molar-refractivity contribution in [2.24, 2.45) is 5.92 Å². The van der Waals surface area contributed by atoms with Crippen LogP contribution in [0.25, 0.3) is 0 Å². The van der Waals surface area contributed by atoms with Gasteiger partial charge in [-0.2, -0.15) is 13.7 Å². The van der Waals surface area contributed by atoms with Crippen molar-refractivity contribution in [1.29, 1.82) is 5.26 Å².